The lowest BCUT2D eigenvalue weighted by atomic mass is 10.0. The maximum atomic E-state index is 14.8. The Morgan fingerprint density at radius 1 is 1.12 bits per heavy atom. The highest BCUT2D eigenvalue weighted by Crippen LogP contribution is 2.31. The first-order valence-corrected chi connectivity index (χ1v) is 12.7. The van der Waals surface area contributed by atoms with Gasteiger partial charge in [-0.2, -0.15) is 4.39 Å². The highest BCUT2D eigenvalue weighted by atomic mass is 19.2. The Morgan fingerprint density at radius 2 is 1.93 bits per heavy atom. The van der Waals surface area contributed by atoms with Crippen molar-refractivity contribution in [2.24, 2.45) is 0 Å². The molecule has 0 bridgehead atoms. The van der Waals surface area contributed by atoms with Crippen molar-refractivity contribution >= 4 is 29.0 Å². The number of hydrogen-bond donors (Lipinski definition) is 3. The molecule has 4 aromatic rings. The summed E-state index contributed by atoms with van der Waals surface area (Å²) in [5.74, 6) is -2.45. The second kappa shape index (κ2) is 12.5. The van der Waals surface area contributed by atoms with Crippen molar-refractivity contribution < 1.29 is 23.1 Å². The lowest BCUT2D eigenvalue weighted by Crippen LogP contribution is -2.40. The number of fused-ring (bicyclic) bond motifs is 1. The Balaban J connectivity index is 1.54. The fourth-order valence-electron chi connectivity index (χ4n) is 4.21. The van der Waals surface area contributed by atoms with Gasteiger partial charge in [0.25, 0.3) is 5.91 Å². The molecule has 210 valence electrons. The summed E-state index contributed by atoms with van der Waals surface area (Å²) in [7, 11) is 4.76. The number of amides is 2. The zero-order chi connectivity index (χ0) is 28.8. The van der Waals surface area contributed by atoms with Gasteiger partial charge in [0, 0.05) is 49.3 Å². The van der Waals surface area contributed by atoms with E-state index in [0.29, 0.717) is 47.9 Å². The minimum atomic E-state index is -1.08. The van der Waals surface area contributed by atoms with Gasteiger partial charge in [0.1, 0.15) is 0 Å². The van der Waals surface area contributed by atoms with Crippen LogP contribution < -0.4 is 20.7 Å². The van der Waals surface area contributed by atoms with Crippen LogP contribution in [0.15, 0.2) is 48.9 Å². The molecule has 0 aliphatic rings. The summed E-state index contributed by atoms with van der Waals surface area (Å²) in [5, 5.41) is 8.88. The lowest BCUT2D eigenvalue weighted by Gasteiger charge is -2.17. The molecule has 10 nitrogen and oxygen atoms in total. The Kier molecular flexibility index (Phi) is 8.90. The SMILES string of the molecule is CCc1cc(Nc2nccn3c(-c4ccc(OC)c(F)c4F)cnc23)ccc1C(=O)NCC(=O)N(C)CCNC. The summed E-state index contributed by atoms with van der Waals surface area (Å²) in [6.45, 7) is 3.02. The number of aryl methyl sites for hydroxylation is 1. The monoisotopic (exact) mass is 551 g/mol. The Labute approximate surface area is 230 Å². The van der Waals surface area contributed by atoms with Crippen LogP contribution in [-0.2, 0) is 11.2 Å². The van der Waals surface area contributed by atoms with Crippen molar-refractivity contribution in [1.29, 1.82) is 0 Å². The summed E-state index contributed by atoms with van der Waals surface area (Å²) in [6.07, 6.45) is 5.13. The van der Waals surface area contributed by atoms with E-state index >= 15 is 0 Å². The number of nitrogens with one attached hydrogen (secondary N) is 3. The zero-order valence-corrected chi connectivity index (χ0v) is 22.7. The van der Waals surface area contributed by atoms with Crippen LogP contribution >= 0.6 is 0 Å². The van der Waals surface area contributed by atoms with E-state index in [1.807, 2.05) is 13.0 Å². The van der Waals surface area contributed by atoms with E-state index in [9.17, 15) is 18.4 Å². The first-order valence-electron chi connectivity index (χ1n) is 12.7. The van der Waals surface area contributed by atoms with Gasteiger partial charge in [0.15, 0.2) is 23.0 Å². The smallest absolute Gasteiger partial charge is 0.251 e. The van der Waals surface area contributed by atoms with Gasteiger partial charge in [0.05, 0.1) is 25.5 Å². The van der Waals surface area contributed by atoms with Crippen molar-refractivity contribution in [3.05, 3.63) is 71.7 Å². The second-order valence-corrected chi connectivity index (χ2v) is 9.01. The van der Waals surface area contributed by atoms with Crippen molar-refractivity contribution in [2.75, 3.05) is 46.2 Å². The highest BCUT2D eigenvalue weighted by Gasteiger charge is 2.20. The van der Waals surface area contributed by atoms with Crippen LogP contribution in [0.2, 0.25) is 0 Å². The molecule has 0 spiro atoms. The molecule has 0 aliphatic heterocycles. The normalized spacial score (nSPS) is 10.9. The van der Waals surface area contributed by atoms with Crippen molar-refractivity contribution in [1.82, 2.24) is 29.9 Å². The van der Waals surface area contributed by atoms with Crippen LogP contribution in [0.3, 0.4) is 0 Å². The minimum absolute atomic E-state index is 0.0262. The summed E-state index contributed by atoms with van der Waals surface area (Å²) >= 11 is 0. The van der Waals surface area contributed by atoms with Crippen LogP contribution in [0.1, 0.15) is 22.8 Å². The predicted octanol–water partition coefficient (Wildman–Crippen LogP) is 3.40. The largest absolute Gasteiger partial charge is 0.494 e. The van der Waals surface area contributed by atoms with E-state index < -0.39 is 11.6 Å². The first-order chi connectivity index (χ1) is 19.3. The molecular weight excluding hydrogens is 520 g/mol. The summed E-state index contributed by atoms with van der Waals surface area (Å²) in [5.41, 5.74) is 2.65. The third-order valence-electron chi connectivity index (χ3n) is 6.49. The number of rotatable bonds is 11. The number of likely N-dealkylation sites (N-methyl/N-ethyl adjacent to an activating group) is 2. The quantitative estimate of drug-likeness (QED) is 0.262. The van der Waals surface area contributed by atoms with E-state index in [1.165, 1.54) is 31.6 Å². The van der Waals surface area contributed by atoms with Crippen molar-refractivity contribution in [2.45, 2.75) is 13.3 Å². The Bertz CT molecular complexity index is 1540. The summed E-state index contributed by atoms with van der Waals surface area (Å²) in [4.78, 5) is 35.4. The molecule has 2 aromatic carbocycles. The van der Waals surface area contributed by atoms with Gasteiger partial charge in [-0.25, -0.2) is 14.4 Å². The number of aromatic nitrogens is 3. The molecule has 2 heterocycles. The molecular formula is C28H31F2N7O3. The first kappa shape index (κ1) is 28.4. The Morgan fingerprint density at radius 3 is 2.65 bits per heavy atom. The minimum Gasteiger partial charge on any atom is -0.494 e. The van der Waals surface area contributed by atoms with Crippen LogP contribution in [-0.4, -0.2) is 71.9 Å². The fourth-order valence-corrected chi connectivity index (χ4v) is 4.21. The van der Waals surface area contributed by atoms with Crippen LogP contribution in [0.5, 0.6) is 5.75 Å². The van der Waals surface area contributed by atoms with Crippen LogP contribution in [0, 0.1) is 11.6 Å². The van der Waals surface area contributed by atoms with E-state index in [0.717, 1.165) is 5.56 Å². The molecule has 0 aliphatic carbocycles. The zero-order valence-electron chi connectivity index (χ0n) is 22.7. The van der Waals surface area contributed by atoms with Gasteiger partial charge in [-0.1, -0.05) is 6.92 Å². The fraction of sp³-hybridized carbons (Fsp3) is 0.286. The number of imidazole rings is 1. The maximum absolute atomic E-state index is 14.8. The molecule has 0 atom stereocenters. The predicted molar refractivity (Wildman–Crippen MR) is 148 cm³/mol. The molecule has 12 heteroatoms. The standard InChI is InChI=1S/C28H31F2N7O3/c1-5-17-14-18(6-7-19(17)28(39)34-16-23(38)36(3)12-10-31-2)35-26-27-33-15-21(37(27)13-11-32-26)20-8-9-22(40-4)25(30)24(20)29/h6-9,11,13-15,31H,5,10,12,16H2,1-4H3,(H,32,35)(H,34,39). The average Bonchev–Trinajstić information content (AvgIpc) is 3.40. The third kappa shape index (κ3) is 5.86. The molecule has 0 saturated carbocycles. The number of halogens is 2. The topological polar surface area (TPSA) is 113 Å². The van der Waals surface area contributed by atoms with Gasteiger partial charge in [-0.05, 0) is 49.4 Å². The van der Waals surface area contributed by atoms with Crippen molar-refractivity contribution in [3.8, 4) is 17.0 Å². The molecule has 4 rings (SSSR count). The van der Waals surface area contributed by atoms with Gasteiger partial charge < -0.3 is 25.6 Å². The van der Waals surface area contributed by atoms with E-state index in [1.54, 1.807) is 41.7 Å². The Hall–Kier alpha value is -4.58. The molecule has 0 unspecified atom stereocenters. The average molecular weight is 552 g/mol. The van der Waals surface area contributed by atoms with E-state index in [4.69, 9.17) is 4.74 Å². The molecule has 3 N–H and O–H groups in total. The number of anilines is 2. The van der Waals surface area contributed by atoms with E-state index in [2.05, 4.69) is 25.9 Å². The number of benzene rings is 2. The molecule has 2 aromatic heterocycles. The van der Waals surface area contributed by atoms with Gasteiger partial charge in [0.2, 0.25) is 11.7 Å². The summed E-state index contributed by atoms with van der Waals surface area (Å²) in [6, 6.07) is 8.01. The third-order valence-corrected chi connectivity index (χ3v) is 6.49. The molecule has 0 saturated heterocycles. The van der Waals surface area contributed by atoms with Crippen molar-refractivity contribution in [3.63, 3.8) is 0 Å². The maximum Gasteiger partial charge on any atom is 0.251 e. The van der Waals surface area contributed by atoms with E-state index in [-0.39, 0.29) is 29.7 Å². The lowest BCUT2D eigenvalue weighted by molar-refractivity contribution is -0.128. The van der Waals surface area contributed by atoms with Crippen LogP contribution in [0.4, 0.5) is 20.3 Å². The molecule has 40 heavy (non-hydrogen) atoms. The summed E-state index contributed by atoms with van der Waals surface area (Å²) < 4.78 is 35.6. The molecule has 2 amide bonds. The number of nitrogens with zero attached hydrogens (tertiary/aromatic N) is 4. The molecule has 0 fully saturated rings. The van der Waals surface area contributed by atoms with Gasteiger partial charge >= 0.3 is 0 Å². The number of carbonyl (C=O) groups is 2. The van der Waals surface area contributed by atoms with Crippen LogP contribution in [0.25, 0.3) is 16.9 Å². The highest BCUT2D eigenvalue weighted by molar-refractivity contribution is 5.98. The number of carbonyl (C=O) groups excluding carboxylic acids is 2. The number of hydrogen-bond acceptors (Lipinski definition) is 7. The number of methoxy groups -OCH3 is 1. The number of ether oxygens (including phenoxy) is 1. The van der Waals surface area contributed by atoms with Gasteiger partial charge in [-0.3, -0.25) is 14.0 Å². The van der Waals surface area contributed by atoms with Gasteiger partial charge in [-0.15, -0.1) is 0 Å². The second-order valence-electron chi connectivity index (χ2n) is 9.01. The molecule has 0 radical (unpaired) electrons.